The maximum absolute atomic E-state index is 12.9. The van der Waals surface area contributed by atoms with E-state index in [0.717, 1.165) is 0 Å². The van der Waals surface area contributed by atoms with Gasteiger partial charge >= 0.3 is 17.9 Å². The molecule has 0 aliphatic carbocycles. The highest BCUT2D eigenvalue weighted by molar-refractivity contribution is 6.05. The molecule has 32 heavy (non-hydrogen) atoms. The van der Waals surface area contributed by atoms with Crippen molar-refractivity contribution in [2.24, 2.45) is 0 Å². The number of carbonyl (C=O) groups excluding carboxylic acids is 5. The van der Waals surface area contributed by atoms with Gasteiger partial charge in [-0.15, -0.1) is 0 Å². The van der Waals surface area contributed by atoms with Crippen molar-refractivity contribution >= 4 is 41.1 Å². The predicted octanol–water partition coefficient (Wildman–Crippen LogP) is 1.75. The van der Waals surface area contributed by atoms with E-state index in [-0.39, 0.29) is 61.2 Å². The lowest BCUT2D eigenvalue weighted by molar-refractivity contribution is -0.216. The number of anilines is 2. The molecule has 0 spiro atoms. The second-order valence-corrected chi connectivity index (χ2v) is 7.19. The maximum atomic E-state index is 12.9. The van der Waals surface area contributed by atoms with E-state index in [1.807, 2.05) is 0 Å². The zero-order valence-corrected chi connectivity index (χ0v) is 18.4. The third-order valence-electron chi connectivity index (χ3n) is 4.84. The second kappa shape index (κ2) is 10.7. The molecule has 1 N–H and O–H groups in total. The van der Waals surface area contributed by atoms with Crippen LogP contribution in [0.5, 0.6) is 0 Å². The van der Waals surface area contributed by atoms with Gasteiger partial charge in [-0.25, -0.2) is 4.79 Å². The number of amides is 2. The fourth-order valence-corrected chi connectivity index (χ4v) is 3.33. The van der Waals surface area contributed by atoms with Crippen molar-refractivity contribution in [1.82, 2.24) is 0 Å². The smallest absolute Gasteiger partial charge is 0.373 e. The quantitative estimate of drug-likeness (QED) is 0.339. The molecule has 1 saturated heterocycles. The second-order valence-electron chi connectivity index (χ2n) is 7.19. The van der Waals surface area contributed by atoms with Gasteiger partial charge in [0, 0.05) is 26.7 Å². The lowest BCUT2D eigenvalue weighted by Gasteiger charge is -2.38. The Bertz CT molecular complexity index is 895. The number of nitrogens with zero attached hydrogens (tertiary/aromatic N) is 1. The van der Waals surface area contributed by atoms with Crippen molar-refractivity contribution in [2.75, 3.05) is 30.5 Å². The third-order valence-corrected chi connectivity index (χ3v) is 4.84. The van der Waals surface area contributed by atoms with Gasteiger partial charge < -0.3 is 14.8 Å². The molecule has 0 bridgehead atoms. The summed E-state index contributed by atoms with van der Waals surface area (Å²) in [6, 6.07) is 4.20. The summed E-state index contributed by atoms with van der Waals surface area (Å²) < 4.78 is 10.4. The molecule has 1 aliphatic rings. The monoisotopic (exact) mass is 450 g/mol. The van der Waals surface area contributed by atoms with Crippen molar-refractivity contribution < 1.29 is 43.2 Å². The van der Waals surface area contributed by atoms with Gasteiger partial charge in [0.1, 0.15) is 18.8 Å². The number of esters is 2. The summed E-state index contributed by atoms with van der Waals surface area (Å²) in [5, 5.41) is 2.67. The molecule has 1 fully saturated rings. The minimum atomic E-state index is -1.19. The minimum absolute atomic E-state index is 0.0687. The Hall–Kier alpha value is -3.47. The summed E-state index contributed by atoms with van der Waals surface area (Å²) in [7, 11) is 1.17. The molecule has 11 heteroatoms. The Morgan fingerprint density at radius 2 is 1.72 bits per heavy atom. The van der Waals surface area contributed by atoms with Gasteiger partial charge in [0.15, 0.2) is 0 Å². The summed E-state index contributed by atoms with van der Waals surface area (Å²) >= 11 is 0. The van der Waals surface area contributed by atoms with E-state index < -0.39 is 23.4 Å². The summed E-state index contributed by atoms with van der Waals surface area (Å²) in [4.78, 5) is 70.4. The zero-order valence-electron chi connectivity index (χ0n) is 18.4. The normalized spacial score (nSPS) is 14.6. The third kappa shape index (κ3) is 5.82. The maximum Gasteiger partial charge on any atom is 0.373 e. The largest absolute Gasteiger partial charge is 0.463 e. The number of nitrogens with one attached hydrogen (secondary N) is 1. The van der Waals surface area contributed by atoms with Crippen molar-refractivity contribution in [3.05, 3.63) is 23.8 Å². The molecule has 0 saturated carbocycles. The molecule has 0 unspecified atom stereocenters. The van der Waals surface area contributed by atoms with E-state index in [4.69, 9.17) is 9.47 Å². The van der Waals surface area contributed by atoms with Crippen LogP contribution < -0.4 is 10.2 Å². The molecular weight excluding hydrogens is 424 g/mol. The predicted molar refractivity (Wildman–Crippen MR) is 111 cm³/mol. The molecule has 2 amide bonds. The molecule has 1 aromatic rings. The Kier molecular flexibility index (Phi) is 8.30. The van der Waals surface area contributed by atoms with Crippen LogP contribution in [0, 0.1) is 0 Å². The fourth-order valence-electron chi connectivity index (χ4n) is 3.33. The van der Waals surface area contributed by atoms with Crippen LogP contribution in [0.2, 0.25) is 0 Å². The number of hydrogen-bond donors (Lipinski definition) is 1. The van der Waals surface area contributed by atoms with Gasteiger partial charge in [0.05, 0.1) is 24.0 Å². The summed E-state index contributed by atoms with van der Waals surface area (Å²) in [6.45, 7) is 3.64. The van der Waals surface area contributed by atoms with Gasteiger partial charge in [-0.1, -0.05) is 6.92 Å². The number of ether oxygens (including phenoxy) is 2. The highest BCUT2D eigenvalue weighted by Gasteiger charge is 2.49. The van der Waals surface area contributed by atoms with E-state index in [1.165, 1.54) is 44.1 Å². The number of carbonyl (C=O) groups is 5. The lowest BCUT2D eigenvalue weighted by Crippen LogP contribution is -2.54. The van der Waals surface area contributed by atoms with Gasteiger partial charge in [0.2, 0.25) is 11.8 Å². The van der Waals surface area contributed by atoms with Crippen LogP contribution >= 0.6 is 0 Å². The first-order chi connectivity index (χ1) is 15.1. The molecule has 0 atom stereocenters. The van der Waals surface area contributed by atoms with Crippen LogP contribution in [-0.2, 0) is 38.4 Å². The SMILES string of the molecule is CCC(=O)Nc1cc(C(=O)OOC)ccc1N1C(=O)CCC1(COC(C)=O)COC(C)=O. The van der Waals surface area contributed by atoms with Crippen LogP contribution in [-0.4, -0.2) is 55.6 Å². The van der Waals surface area contributed by atoms with Crippen molar-refractivity contribution in [3.8, 4) is 0 Å². The van der Waals surface area contributed by atoms with Gasteiger partial charge in [0.25, 0.3) is 0 Å². The molecule has 174 valence electrons. The fraction of sp³-hybridized carbons (Fsp3) is 0.476. The first-order valence-electron chi connectivity index (χ1n) is 9.92. The first kappa shape index (κ1) is 24.8. The zero-order chi connectivity index (χ0) is 23.9. The van der Waals surface area contributed by atoms with Crippen molar-refractivity contribution in [3.63, 3.8) is 0 Å². The molecule has 1 aliphatic heterocycles. The van der Waals surface area contributed by atoms with Crippen LogP contribution in [0.4, 0.5) is 11.4 Å². The average Bonchev–Trinajstić information content (AvgIpc) is 3.07. The lowest BCUT2D eigenvalue weighted by atomic mass is 9.97. The summed E-state index contributed by atoms with van der Waals surface area (Å²) in [6.07, 6.45) is 0.477. The van der Waals surface area contributed by atoms with Crippen LogP contribution in [0.3, 0.4) is 0 Å². The van der Waals surface area contributed by atoms with Crippen molar-refractivity contribution in [1.29, 1.82) is 0 Å². The first-order valence-corrected chi connectivity index (χ1v) is 9.92. The van der Waals surface area contributed by atoms with E-state index in [0.29, 0.717) is 0 Å². The number of benzene rings is 1. The Morgan fingerprint density at radius 3 is 2.25 bits per heavy atom. The van der Waals surface area contributed by atoms with Gasteiger partial charge in [-0.3, -0.25) is 29.0 Å². The van der Waals surface area contributed by atoms with E-state index in [2.05, 4.69) is 15.1 Å². The standard InChI is InChI=1S/C21H26N2O9/c1-5-18(26)22-16-10-15(20(28)32-29-4)6-7-17(16)23-19(27)8-9-21(23,11-30-13(2)24)12-31-14(3)25/h6-7,10H,5,8-9,11-12H2,1-4H3,(H,22,26). The van der Waals surface area contributed by atoms with E-state index in [1.54, 1.807) is 6.92 Å². The molecular formula is C21H26N2O9. The minimum Gasteiger partial charge on any atom is -0.463 e. The Balaban J connectivity index is 2.58. The molecule has 0 radical (unpaired) electrons. The highest BCUT2D eigenvalue weighted by atomic mass is 17.2. The summed E-state index contributed by atoms with van der Waals surface area (Å²) in [5.41, 5.74) is -0.705. The molecule has 2 rings (SSSR count). The van der Waals surface area contributed by atoms with E-state index in [9.17, 15) is 24.0 Å². The topological polar surface area (TPSA) is 138 Å². The molecule has 11 nitrogen and oxygen atoms in total. The van der Waals surface area contributed by atoms with Crippen LogP contribution in [0.25, 0.3) is 0 Å². The van der Waals surface area contributed by atoms with Crippen LogP contribution in [0.15, 0.2) is 18.2 Å². The number of hydrogen-bond acceptors (Lipinski definition) is 9. The molecule has 1 heterocycles. The molecule has 1 aromatic carbocycles. The Labute approximate surface area is 184 Å². The summed E-state index contributed by atoms with van der Waals surface area (Å²) in [5.74, 6) is -2.62. The highest BCUT2D eigenvalue weighted by Crippen LogP contribution is 2.40. The van der Waals surface area contributed by atoms with Crippen LogP contribution in [0.1, 0.15) is 50.4 Å². The van der Waals surface area contributed by atoms with Crippen molar-refractivity contribution in [2.45, 2.75) is 45.6 Å². The van der Waals surface area contributed by atoms with E-state index >= 15 is 0 Å². The van der Waals surface area contributed by atoms with Gasteiger partial charge in [-0.05, 0) is 24.6 Å². The average molecular weight is 450 g/mol. The molecule has 0 aromatic heterocycles. The number of rotatable bonds is 9. The Morgan fingerprint density at radius 1 is 1.09 bits per heavy atom. The van der Waals surface area contributed by atoms with Gasteiger partial charge in [-0.2, -0.15) is 4.89 Å².